The van der Waals surface area contributed by atoms with E-state index < -0.39 is 0 Å². The smallest absolute Gasteiger partial charge is 0.262 e. The Morgan fingerprint density at radius 3 is 2.68 bits per heavy atom. The lowest BCUT2D eigenvalue weighted by atomic mass is 10.1. The van der Waals surface area contributed by atoms with E-state index in [4.69, 9.17) is 12.2 Å². The number of rotatable bonds is 5. The van der Waals surface area contributed by atoms with Crippen LogP contribution in [-0.4, -0.2) is 15.5 Å². The van der Waals surface area contributed by atoms with E-state index in [1.807, 2.05) is 37.3 Å². The van der Waals surface area contributed by atoms with E-state index in [0.29, 0.717) is 34.3 Å². The Labute approximate surface area is 150 Å². The SMILES string of the molecule is CCCn1c(=S)[nH]c2cc(C(=O)NCc3ccccc3)ccc2c1=O. The van der Waals surface area contributed by atoms with Gasteiger partial charge in [0.15, 0.2) is 4.77 Å². The number of hydrogen-bond acceptors (Lipinski definition) is 3. The Bertz CT molecular complexity index is 1020. The maximum absolute atomic E-state index is 12.5. The summed E-state index contributed by atoms with van der Waals surface area (Å²) in [6.07, 6.45) is 0.822. The van der Waals surface area contributed by atoms with Crippen molar-refractivity contribution in [2.24, 2.45) is 0 Å². The number of carbonyl (C=O) groups excluding carboxylic acids is 1. The minimum Gasteiger partial charge on any atom is -0.348 e. The van der Waals surface area contributed by atoms with Crippen molar-refractivity contribution in [2.75, 3.05) is 0 Å². The third kappa shape index (κ3) is 3.69. The predicted molar refractivity (Wildman–Crippen MR) is 101 cm³/mol. The molecule has 0 bridgehead atoms. The van der Waals surface area contributed by atoms with E-state index >= 15 is 0 Å². The highest BCUT2D eigenvalue weighted by Crippen LogP contribution is 2.11. The van der Waals surface area contributed by atoms with Crippen molar-refractivity contribution in [1.29, 1.82) is 0 Å². The maximum atomic E-state index is 12.5. The van der Waals surface area contributed by atoms with Gasteiger partial charge < -0.3 is 10.3 Å². The highest BCUT2D eigenvalue weighted by molar-refractivity contribution is 7.71. The van der Waals surface area contributed by atoms with Crippen LogP contribution in [-0.2, 0) is 13.1 Å². The molecule has 1 aromatic heterocycles. The number of aromatic nitrogens is 2. The summed E-state index contributed by atoms with van der Waals surface area (Å²) in [7, 11) is 0. The van der Waals surface area contributed by atoms with Crippen LogP contribution in [0.25, 0.3) is 10.9 Å². The molecule has 2 aromatic carbocycles. The first-order valence-corrected chi connectivity index (χ1v) is 8.60. The van der Waals surface area contributed by atoms with Crippen LogP contribution in [0, 0.1) is 4.77 Å². The second-order valence-corrected chi connectivity index (χ2v) is 6.20. The number of carbonyl (C=O) groups is 1. The highest BCUT2D eigenvalue weighted by atomic mass is 32.1. The fraction of sp³-hybridized carbons (Fsp3) is 0.211. The first-order valence-electron chi connectivity index (χ1n) is 8.19. The summed E-state index contributed by atoms with van der Waals surface area (Å²) in [5.74, 6) is -0.192. The fourth-order valence-electron chi connectivity index (χ4n) is 2.70. The molecule has 3 rings (SSSR count). The molecule has 25 heavy (non-hydrogen) atoms. The van der Waals surface area contributed by atoms with E-state index in [2.05, 4.69) is 10.3 Å². The van der Waals surface area contributed by atoms with E-state index in [0.717, 1.165) is 12.0 Å². The lowest BCUT2D eigenvalue weighted by Gasteiger charge is -2.09. The van der Waals surface area contributed by atoms with Gasteiger partial charge in [-0.05, 0) is 42.4 Å². The zero-order chi connectivity index (χ0) is 17.8. The summed E-state index contributed by atoms with van der Waals surface area (Å²) < 4.78 is 1.92. The molecule has 0 aliphatic heterocycles. The molecular formula is C19H19N3O2S. The lowest BCUT2D eigenvalue weighted by Crippen LogP contribution is -2.24. The molecule has 1 heterocycles. The Morgan fingerprint density at radius 2 is 1.96 bits per heavy atom. The number of nitrogens with zero attached hydrogens (tertiary/aromatic N) is 1. The van der Waals surface area contributed by atoms with Crippen LogP contribution >= 0.6 is 12.2 Å². The molecule has 5 nitrogen and oxygen atoms in total. The normalized spacial score (nSPS) is 10.8. The second kappa shape index (κ2) is 7.44. The molecule has 0 aliphatic carbocycles. The molecule has 1 amide bonds. The zero-order valence-corrected chi connectivity index (χ0v) is 14.7. The predicted octanol–water partition coefficient (Wildman–Crippen LogP) is 3.40. The molecular weight excluding hydrogens is 334 g/mol. The fourth-order valence-corrected chi connectivity index (χ4v) is 2.99. The van der Waals surface area contributed by atoms with Gasteiger partial charge >= 0.3 is 0 Å². The molecule has 128 valence electrons. The molecule has 0 saturated heterocycles. The van der Waals surface area contributed by atoms with E-state index in [9.17, 15) is 9.59 Å². The van der Waals surface area contributed by atoms with Gasteiger partial charge in [-0.3, -0.25) is 14.2 Å². The summed E-state index contributed by atoms with van der Waals surface area (Å²) in [6, 6.07) is 14.7. The number of benzene rings is 2. The second-order valence-electron chi connectivity index (χ2n) is 5.82. The standard InChI is InChI=1S/C19H19N3O2S/c1-2-10-22-18(24)15-9-8-14(11-16(15)21-19(22)25)17(23)20-12-13-6-4-3-5-7-13/h3-9,11H,2,10,12H2,1H3,(H,20,23)(H,21,25). The molecule has 0 unspecified atom stereocenters. The van der Waals surface area contributed by atoms with Gasteiger partial charge in [0.25, 0.3) is 11.5 Å². The van der Waals surface area contributed by atoms with Crippen LogP contribution in [0.15, 0.2) is 53.3 Å². The molecule has 0 saturated carbocycles. The van der Waals surface area contributed by atoms with Crippen LogP contribution in [0.5, 0.6) is 0 Å². The Kier molecular flexibility index (Phi) is 5.09. The van der Waals surface area contributed by atoms with Crippen LogP contribution < -0.4 is 10.9 Å². The molecule has 0 radical (unpaired) electrons. The number of amides is 1. The van der Waals surface area contributed by atoms with Crippen molar-refractivity contribution >= 4 is 29.0 Å². The molecule has 0 aliphatic rings. The average Bonchev–Trinajstić information content (AvgIpc) is 2.63. The third-order valence-corrected chi connectivity index (χ3v) is 4.31. The Morgan fingerprint density at radius 1 is 1.20 bits per heavy atom. The summed E-state index contributed by atoms with van der Waals surface area (Å²) in [4.78, 5) is 27.9. The van der Waals surface area contributed by atoms with Crippen LogP contribution in [0.4, 0.5) is 0 Å². The minimum atomic E-state index is -0.192. The van der Waals surface area contributed by atoms with Crippen LogP contribution in [0.3, 0.4) is 0 Å². The molecule has 0 atom stereocenters. The van der Waals surface area contributed by atoms with Gasteiger partial charge in [-0.15, -0.1) is 0 Å². The number of fused-ring (bicyclic) bond motifs is 1. The van der Waals surface area contributed by atoms with E-state index in [-0.39, 0.29) is 11.5 Å². The van der Waals surface area contributed by atoms with Gasteiger partial charge in [0, 0.05) is 18.7 Å². The van der Waals surface area contributed by atoms with Gasteiger partial charge in [0.1, 0.15) is 0 Å². The van der Waals surface area contributed by atoms with Crippen molar-refractivity contribution in [3.8, 4) is 0 Å². The third-order valence-electron chi connectivity index (χ3n) is 3.99. The summed E-state index contributed by atoms with van der Waals surface area (Å²) >= 11 is 5.26. The van der Waals surface area contributed by atoms with Crippen molar-refractivity contribution in [1.82, 2.24) is 14.9 Å². The first kappa shape index (κ1) is 17.1. The zero-order valence-electron chi connectivity index (χ0n) is 13.9. The summed E-state index contributed by atoms with van der Waals surface area (Å²) in [6.45, 7) is 3.01. The van der Waals surface area contributed by atoms with Crippen molar-refractivity contribution in [3.63, 3.8) is 0 Å². The highest BCUT2D eigenvalue weighted by Gasteiger charge is 2.10. The number of hydrogen-bond donors (Lipinski definition) is 2. The van der Waals surface area contributed by atoms with Gasteiger partial charge in [-0.25, -0.2) is 0 Å². The quantitative estimate of drug-likeness (QED) is 0.691. The molecule has 3 aromatic rings. The van der Waals surface area contributed by atoms with Gasteiger partial charge in [0.2, 0.25) is 0 Å². The van der Waals surface area contributed by atoms with E-state index in [1.54, 1.807) is 22.8 Å². The lowest BCUT2D eigenvalue weighted by molar-refractivity contribution is 0.0951. The number of aromatic amines is 1. The molecule has 2 N–H and O–H groups in total. The minimum absolute atomic E-state index is 0.128. The molecule has 0 spiro atoms. The number of nitrogens with one attached hydrogen (secondary N) is 2. The van der Waals surface area contributed by atoms with E-state index in [1.165, 1.54) is 0 Å². The van der Waals surface area contributed by atoms with Crippen LogP contribution in [0.2, 0.25) is 0 Å². The maximum Gasteiger partial charge on any atom is 0.262 e. The molecule has 6 heteroatoms. The Hall–Kier alpha value is -2.73. The monoisotopic (exact) mass is 353 g/mol. The van der Waals surface area contributed by atoms with Crippen molar-refractivity contribution in [3.05, 3.63) is 74.8 Å². The van der Waals surface area contributed by atoms with Gasteiger partial charge in [-0.1, -0.05) is 37.3 Å². The Balaban J connectivity index is 1.88. The first-order chi connectivity index (χ1) is 12.1. The average molecular weight is 353 g/mol. The van der Waals surface area contributed by atoms with Gasteiger partial charge in [0.05, 0.1) is 10.9 Å². The van der Waals surface area contributed by atoms with Gasteiger partial charge in [-0.2, -0.15) is 0 Å². The van der Waals surface area contributed by atoms with Crippen LogP contribution in [0.1, 0.15) is 29.3 Å². The summed E-state index contributed by atoms with van der Waals surface area (Å²) in [5, 5.41) is 3.41. The summed E-state index contributed by atoms with van der Waals surface area (Å²) in [5.41, 5.74) is 1.96. The van der Waals surface area contributed by atoms with Crippen molar-refractivity contribution in [2.45, 2.75) is 26.4 Å². The largest absolute Gasteiger partial charge is 0.348 e. The topological polar surface area (TPSA) is 66.9 Å². The van der Waals surface area contributed by atoms with Crippen molar-refractivity contribution < 1.29 is 4.79 Å². The number of H-pyrrole nitrogens is 1. The molecule has 0 fully saturated rings.